The fourth-order valence-corrected chi connectivity index (χ4v) is 6.99. The number of aryl methyl sites for hydroxylation is 2. The van der Waals surface area contributed by atoms with Crippen molar-refractivity contribution in [3.63, 3.8) is 0 Å². The molecule has 0 aliphatic carbocycles. The number of hydrogen-bond acceptors (Lipinski definition) is 4. The first kappa shape index (κ1) is 36.0. The molecule has 0 aliphatic rings. The summed E-state index contributed by atoms with van der Waals surface area (Å²) < 4.78 is 29.8. The van der Waals surface area contributed by atoms with Gasteiger partial charge < -0.3 is 10.2 Å². The lowest BCUT2D eigenvalue weighted by atomic mass is 10.0. The number of sulfonamides is 1. The van der Waals surface area contributed by atoms with Gasteiger partial charge in [0.25, 0.3) is 10.0 Å². The number of hydrogen-bond donors (Lipinski definition) is 1. The van der Waals surface area contributed by atoms with Gasteiger partial charge >= 0.3 is 0 Å². The van der Waals surface area contributed by atoms with Crippen LogP contribution in [0.25, 0.3) is 0 Å². The van der Waals surface area contributed by atoms with Crippen molar-refractivity contribution in [3.05, 3.63) is 129 Å². The number of carbonyl (C=O) groups is 2. The van der Waals surface area contributed by atoms with E-state index in [1.165, 1.54) is 4.90 Å². The lowest BCUT2D eigenvalue weighted by molar-refractivity contribution is -0.140. The van der Waals surface area contributed by atoms with E-state index in [1.807, 2.05) is 70.2 Å². The van der Waals surface area contributed by atoms with Crippen LogP contribution >= 0.6 is 23.2 Å². The number of rotatable bonds is 14. The molecule has 1 N–H and O–H groups in total. The molecule has 4 rings (SSSR count). The van der Waals surface area contributed by atoms with E-state index < -0.39 is 28.5 Å². The second kappa shape index (κ2) is 16.3. The van der Waals surface area contributed by atoms with E-state index >= 15 is 0 Å². The van der Waals surface area contributed by atoms with Gasteiger partial charge in [-0.2, -0.15) is 0 Å². The average molecular weight is 695 g/mol. The highest BCUT2D eigenvalue weighted by molar-refractivity contribution is 7.92. The molecule has 0 heterocycles. The van der Waals surface area contributed by atoms with Crippen molar-refractivity contribution in [2.24, 2.45) is 5.92 Å². The molecule has 4 aromatic rings. The topological polar surface area (TPSA) is 86.8 Å². The van der Waals surface area contributed by atoms with Crippen molar-refractivity contribution in [3.8, 4) is 0 Å². The second-order valence-corrected chi connectivity index (χ2v) is 14.6. The Labute approximate surface area is 288 Å². The summed E-state index contributed by atoms with van der Waals surface area (Å²) in [6.45, 7) is 7.67. The minimum absolute atomic E-state index is 0.00380. The van der Waals surface area contributed by atoms with Crippen LogP contribution in [0.2, 0.25) is 10.0 Å². The zero-order valence-corrected chi connectivity index (χ0v) is 29.4. The predicted molar refractivity (Wildman–Crippen MR) is 190 cm³/mol. The third-order valence-electron chi connectivity index (χ3n) is 7.82. The number of para-hydroxylation sites is 1. The molecular formula is C37H41Cl2N3O4S. The molecule has 1 unspecified atom stereocenters. The van der Waals surface area contributed by atoms with Crippen LogP contribution in [-0.2, 0) is 39.0 Å². The van der Waals surface area contributed by atoms with Gasteiger partial charge in [0.15, 0.2) is 0 Å². The van der Waals surface area contributed by atoms with E-state index in [9.17, 15) is 18.0 Å². The smallest absolute Gasteiger partial charge is 0.264 e. The van der Waals surface area contributed by atoms with Gasteiger partial charge in [-0.05, 0) is 66.3 Å². The van der Waals surface area contributed by atoms with E-state index in [-0.39, 0.29) is 29.7 Å². The lowest BCUT2D eigenvalue weighted by Crippen LogP contribution is -2.53. The van der Waals surface area contributed by atoms with Gasteiger partial charge in [0.2, 0.25) is 11.8 Å². The van der Waals surface area contributed by atoms with Crippen LogP contribution in [0.1, 0.15) is 43.0 Å². The Morgan fingerprint density at radius 1 is 0.830 bits per heavy atom. The number of amides is 2. The highest BCUT2D eigenvalue weighted by Gasteiger charge is 2.35. The molecule has 2 amide bonds. The molecule has 0 bridgehead atoms. The van der Waals surface area contributed by atoms with Gasteiger partial charge in [-0.3, -0.25) is 13.9 Å². The molecule has 0 spiro atoms. The molecule has 0 aliphatic heterocycles. The number of nitrogens with one attached hydrogen (secondary N) is 1. The molecule has 0 saturated heterocycles. The van der Waals surface area contributed by atoms with E-state index in [0.29, 0.717) is 34.3 Å². The number of benzene rings is 4. The Morgan fingerprint density at radius 2 is 1.49 bits per heavy atom. The first-order chi connectivity index (χ1) is 22.4. The summed E-state index contributed by atoms with van der Waals surface area (Å²) in [4.78, 5) is 30.1. The third-order valence-corrected chi connectivity index (χ3v) is 10.3. The predicted octanol–water partition coefficient (Wildman–Crippen LogP) is 7.47. The number of nitrogens with zero attached hydrogens (tertiary/aromatic N) is 2. The standard InChI is InChI=1S/C37H41Cl2N3O4S/c1-5-30-13-9-10-14-34(30)42(47(45,46)31-18-15-27(4)16-19-31)25-36(43)41(24-29-17-20-32(38)33(39)21-29)35(37(44)40-23-26(2)3)22-28-11-7-6-8-12-28/h6-21,26,35H,5,22-25H2,1-4H3,(H,40,44). The van der Waals surface area contributed by atoms with E-state index in [4.69, 9.17) is 23.2 Å². The van der Waals surface area contributed by atoms with E-state index in [2.05, 4.69) is 5.32 Å². The SMILES string of the molecule is CCc1ccccc1N(CC(=O)N(Cc1ccc(Cl)c(Cl)c1)C(Cc1ccccc1)C(=O)NCC(C)C)S(=O)(=O)c1ccc(C)cc1. The molecule has 0 aromatic heterocycles. The maximum Gasteiger partial charge on any atom is 0.264 e. The Kier molecular flexibility index (Phi) is 12.5. The van der Waals surface area contributed by atoms with Crippen LogP contribution in [0.3, 0.4) is 0 Å². The zero-order chi connectivity index (χ0) is 34.1. The van der Waals surface area contributed by atoms with Crippen LogP contribution in [0.5, 0.6) is 0 Å². The Bertz CT molecular complexity index is 1780. The first-order valence-electron chi connectivity index (χ1n) is 15.6. The van der Waals surface area contributed by atoms with Crippen molar-refractivity contribution in [1.82, 2.24) is 10.2 Å². The summed E-state index contributed by atoms with van der Waals surface area (Å²) in [6.07, 6.45) is 0.763. The molecular weight excluding hydrogens is 653 g/mol. The summed E-state index contributed by atoms with van der Waals surface area (Å²) in [7, 11) is -4.20. The monoisotopic (exact) mass is 693 g/mol. The van der Waals surface area contributed by atoms with Gasteiger partial charge in [-0.15, -0.1) is 0 Å². The molecule has 248 valence electrons. The van der Waals surface area contributed by atoms with Crippen LogP contribution in [0.4, 0.5) is 5.69 Å². The van der Waals surface area contributed by atoms with Crippen molar-refractivity contribution < 1.29 is 18.0 Å². The Balaban J connectivity index is 1.84. The highest BCUT2D eigenvalue weighted by atomic mass is 35.5. The molecule has 7 nitrogen and oxygen atoms in total. The van der Waals surface area contributed by atoms with Crippen LogP contribution in [0, 0.1) is 12.8 Å². The normalized spacial score (nSPS) is 12.1. The summed E-state index contributed by atoms with van der Waals surface area (Å²) in [5.41, 5.74) is 3.57. The van der Waals surface area contributed by atoms with Crippen molar-refractivity contribution in [2.75, 3.05) is 17.4 Å². The number of halogens is 2. The van der Waals surface area contributed by atoms with E-state index in [1.54, 1.807) is 54.6 Å². The van der Waals surface area contributed by atoms with Gasteiger partial charge in [-0.25, -0.2) is 8.42 Å². The average Bonchev–Trinajstić information content (AvgIpc) is 3.06. The quantitative estimate of drug-likeness (QED) is 0.148. The maximum atomic E-state index is 14.7. The summed E-state index contributed by atoms with van der Waals surface area (Å²) >= 11 is 12.6. The van der Waals surface area contributed by atoms with Gasteiger partial charge in [0.05, 0.1) is 20.6 Å². The van der Waals surface area contributed by atoms with Gasteiger partial charge in [-0.1, -0.05) is 116 Å². The van der Waals surface area contributed by atoms with Crippen molar-refractivity contribution in [1.29, 1.82) is 0 Å². The lowest BCUT2D eigenvalue weighted by Gasteiger charge is -2.34. The first-order valence-corrected chi connectivity index (χ1v) is 17.8. The van der Waals surface area contributed by atoms with Crippen LogP contribution in [0.15, 0.2) is 102 Å². The minimum atomic E-state index is -4.20. The van der Waals surface area contributed by atoms with Gasteiger partial charge in [0.1, 0.15) is 12.6 Å². The molecule has 4 aromatic carbocycles. The number of anilines is 1. The van der Waals surface area contributed by atoms with Crippen LogP contribution in [-0.4, -0.2) is 44.3 Å². The van der Waals surface area contributed by atoms with Gasteiger partial charge in [0, 0.05) is 19.5 Å². The van der Waals surface area contributed by atoms with Crippen molar-refractivity contribution in [2.45, 2.75) is 58.0 Å². The summed E-state index contributed by atoms with van der Waals surface area (Å²) in [5, 5.41) is 3.66. The fraction of sp³-hybridized carbons (Fsp3) is 0.297. The van der Waals surface area contributed by atoms with Crippen LogP contribution < -0.4 is 9.62 Å². The second-order valence-electron chi connectivity index (χ2n) is 11.9. The number of carbonyl (C=O) groups excluding carboxylic acids is 2. The molecule has 10 heteroatoms. The molecule has 47 heavy (non-hydrogen) atoms. The minimum Gasteiger partial charge on any atom is -0.354 e. The van der Waals surface area contributed by atoms with Crippen molar-refractivity contribution >= 4 is 50.7 Å². The molecule has 0 saturated carbocycles. The Morgan fingerprint density at radius 3 is 2.13 bits per heavy atom. The fourth-order valence-electron chi connectivity index (χ4n) is 5.22. The van der Waals surface area contributed by atoms with E-state index in [0.717, 1.165) is 21.0 Å². The Hall–Kier alpha value is -3.85. The highest BCUT2D eigenvalue weighted by Crippen LogP contribution is 2.29. The largest absolute Gasteiger partial charge is 0.354 e. The molecule has 0 fully saturated rings. The molecule has 1 atom stereocenters. The third kappa shape index (κ3) is 9.37. The maximum absolute atomic E-state index is 14.7. The summed E-state index contributed by atoms with van der Waals surface area (Å²) in [6, 6.07) is 27.2. The summed E-state index contributed by atoms with van der Waals surface area (Å²) in [5.74, 6) is -0.701. The zero-order valence-electron chi connectivity index (χ0n) is 27.1. The molecule has 0 radical (unpaired) electrons.